The summed E-state index contributed by atoms with van der Waals surface area (Å²) in [5, 5.41) is 2.98. The molecule has 0 nitrogen and oxygen atoms in total. The first-order chi connectivity index (χ1) is 5.79. The van der Waals surface area contributed by atoms with E-state index in [0.29, 0.717) is 5.02 Å². The van der Waals surface area contributed by atoms with Crippen LogP contribution in [0.3, 0.4) is 0 Å². The van der Waals surface area contributed by atoms with E-state index in [1.54, 1.807) is 0 Å². The molecule has 2 aromatic carbocycles. The van der Waals surface area contributed by atoms with Crippen LogP contribution in [0.1, 0.15) is 0 Å². The molecule has 0 N–H and O–H groups in total. The van der Waals surface area contributed by atoms with E-state index < -0.39 is 0 Å². The maximum absolute atomic E-state index is 5.91. The maximum Gasteiger partial charge on any atom is 0.0545 e. The fourth-order valence-corrected chi connectivity index (χ4v) is 1.67. The van der Waals surface area contributed by atoms with Gasteiger partial charge in [0.25, 0.3) is 0 Å². The van der Waals surface area contributed by atoms with Crippen molar-refractivity contribution in [3.63, 3.8) is 0 Å². The highest BCUT2D eigenvalue weighted by Crippen LogP contribution is 2.28. The molecule has 0 amide bonds. The van der Waals surface area contributed by atoms with Gasteiger partial charge in [0.2, 0.25) is 0 Å². The van der Waals surface area contributed by atoms with Crippen LogP contribution in [0.5, 0.6) is 0 Å². The summed E-state index contributed by atoms with van der Waals surface area (Å²) in [4.78, 5) is 0.856. The van der Waals surface area contributed by atoms with E-state index in [-0.39, 0.29) is 0 Å². The Morgan fingerprint density at radius 1 is 1.00 bits per heavy atom. The minimum absolute atomic E-state index is 0.706. The Hall–Kier alpha value is -0.660. The van der Waals surface area contributed by atoms with Crippen molar-refractivity contribution in [1.82, 2.24) is 0 Å². The lowest BCUT2D eigenvalue weighted by Gasteiger charge is -2.01. The van der Waals surface area contributed by atoms with E-state index in [2.05, 4.69) is 12.6 Å². The molecule has 0 unspecified atom stereocenters. The molecule has 0 saturated heterocycles. The van der Waals surface area contributed by atoms with Gasteiger partial charge in [-0.2, -0.15) is 0 Å². The molecule has 0 aromatic heterocycles. The van der Waals surface area contributed by atoms with Crippen LogP contribution in [0.25, 0.3) is 10.8 Å². The van der Waals surface area contributed by atoms with Crippen LogP contribution in [0, 0.1) is 0 Å². The minimum Gasteiger partial charge on any atom is -0.141 e. The Kier molecular flexibility index (Phi) is 1.99. The highest BCUT2D eigenvalue weighted by atomic mass is 35.5. The van der Waals surface area contributed by atoms with E-state index in [1.807, 2.05) is 36.4 Å². The van der Waals surface area contributed by atoms with Crippen molar-refractivity contribution >= 4 is 35.0 Å². The lowest BCUT2D eigenvalue weighted by Crippen LogP contribution is -1.75. The van der Waals surface area contributed by atoms with Crippen LogP contribution in [0.15, 0.2) is 41.3 Å². The van der Waals surface area contributed by atoms with Gasteiger partial charge >= 0.3 is 0 Å². The fraction of sp³-hybridized carbons (Fsp3) is 0. The van der Waals surface area contributed by atoms with Gasteiger partial charge in [0.15, 0.2) is 0 Å². The molecule has 0 aliphatic carbocycles. The van der Waals surface area contributed by atoms with Crippen molar-refractivity contribution in [2.75, 3.05) is 0 Å². The smallest absolute Gasteiger partial charge is 0.0545 e. The largest absolute Gasteiger partial charge is 0.141 e. The number of fused-ring (bicyclic) bond motifs is 1. The van der Waals surface area contributed by atoms with Crippen molar-refractivity contribution < 1.29 is 0 Å². The molecular weight excluding hydrogens is 188 g/mol. The molecule has 0 radical (unpaired) electrons. The Morgan fingerprint density at radius 3 is 2.58 bits per heavy atom. The van der Waals surface area contributed by atoms with Crippen LogP contribution < -0.4 is 0 Å². The quantitative estimate of drug-likeness (QED) is 0.607. The summed E-state index contributed by atoms with van der Waals surface area (Å²) in [5.41, 5.74) is 0. The average Bonchev–Trinajstić information content (AvgIpc) is 2.12. The average molecular weight is 195 g/mol. The molecule has 2 rings (SSSR count). The summed E-state index contributed by atoms with van der Waals surface area (Å²) in [5.74, 6) is 0. The molecule has 0 aliphatic rings. The number of rotatable bonds is 0. The van der Waals surface area contributed by atoms with Gasteiger partial charge in [-0.25, -0.2) is 0 Å². The van der Waals surface area contributed by atoms with E-state index in [4.69, 9.17) is 11.6 Å². The molecule has 0 heterocycles. The predicted molar refractivity (Wildman–Crippen MR) is 56.2 cm³/mol. The van der Waals surface area contributed by atoms with Gasteiger partial charge in [0.1, 0.15) is 0 Å². The molecule has 0 aliphatic heterocycles. The molecule has 0 bridgehead atoms. The molecule has 2 aromatic rings. The molecule has 0 fully saturated rings. The van der Waals surface area contributed by atoms with Gasteiger partial charge in [-0.3, -0.25) is 0 Å². The Balaban J connectivity index is 2.91. The zero-order chi connectivity index (χ0) is 8.55. The first kappa shape index (κ1) is 7.96. The summed E-state index contributed by atoms with van der Waals surface area (Å²) in [6.45, 7) is 0. The molecule has 0 spiro atoms. The normalized spacial score (nSPS) is 10.5. The predicted octanol–water partition coefficient (Wildman–Crippen LogP) is 3.78. The summed E-state index contributed by atoms with van der Waals surface area (Å²) in [6, 6.07) is 11.9. The van der Waals surface area contributed by atoms with E-state index in [1.165, 1.54) is 5.39 Å². The van der Waals surface area contributed by atoms with Crippen LogP contribution in [0.2, 0.25) is 5.02 Å². The summed E-state index contributed by atoms with van der Waals surface area (Å²) in [7, 11) is 0. The lowest BCUT2D eigenvalue weighted by atomic mass is 10.1. The zero-order valence-corrected chi connectivity index (χ0v) is 7.94. The van der Waals surface area contributed by atoms with Gasteiger partial charge in [0.05, 0.1) is 5.02 Å². The standard InChI is InChI=1S/C10H7ClS/c11-9-6-5-7-3-1-2-4-8(7)10(9)12/h1-6,12H. The molecule has 12 heavy (non-hydrogen) atoms. The minimum atomic E-state index is 0.706. The maximum atomic E-state index is 5.91. The Labute approximate surface area is 81.6 Å². The van der Waals surface area contributed by atoms with Gasteiger partial charge in [-0.15, -0.1) is 12.6 Å². The van der Waals surface area contributed by atoms with Gasteiger partial charge in [-0.05, 0) is 16.8 Å². The van der Waals surface area contributed by atoms with Crippen LogP contribution in [-0.4, -0.2) is 0 Å². The van der Waals surface area contributed by atoms with E-state index in [9.17, 15) is 0 Å². The van der Waals surface area contributed by atoms with Gasteiger partial charge in [0, 0.05) is 4.90 Å². The number of benzene rings is 2. The fourth-order valence-electron chi connectivity index (χ4n) is 1.23. The van der Waals surface area contributed by atoms with Crippen molar-refractivity contribution in [3.8, 4) is 0 Å². The number of halogens is 1. The third-order valence-electron chi connectivity index (χ3n) is 1.85. The zero-order valence-electron chi connectivity index (χ0n) is 6.29. The van der Waals surface area contributed by atoms with Crippen LogP contribution in [0.4, 0.5) is 0 Å². The Bertz CT molecular complexity index is 423. The topological polar surface area (TPSA) is 0 Å². The first-order valence-electron chi connectivity index (χ1n) is 3.65. The van der Waals surface area contributed by atoms with Crippen molar-refractivity contribution in [2.45, 2.75) is 4.90 Å². The van der Waals surface area contributed by atoms with E-state index in [0.717, 1.165) is 10.3 Å². The highest BCUT2D eigenvalue weighted by molar-refractivity contribution is 7.80. The second kappa shape index (κ2) is 3.00. The highest BCUT2D eigenvalue weighted by Gasteiger charge is 1.99. The van der Waals surface area contributed by atoms with Crippen molar-refractivity contribution in [2.24, 2.45) is 0 Å². The number of thiol groups is 1. The Morgan fingerprint density at radius 2 is 1.75 bits per heavy atom. The lowest BCUT2D eigenvalue weighted by molar-refractivity contribution is 1.56. The molecule has 60 valence electrons. The van der Waals surface area contributed by atoms with E-state index >= 15 is 0 Å². The molecular formula is C10H7ClS. The third kappa shape index (κ3) is 1.19. The second-order valence-corrected chi connectivity index (χ2v) is 3.47. The third-order valence-corrected chi connectivity index (χ3v) is 2.78. The number of hydrogen-bond acceptors (Lipinski definition) is 1. The molecule has 2 heteroatoms. The summed E-state index contributed by atoms with van der Waals surface area (Å²) < 4.78 is 0. The molecule has 0 atom stereocenters. The molecule has 0 saturated carbocycles. The first-order valence-corrected chi connectivity index (χ1v) is 4.48. The van der Waals surface area contributed by atoms with Crippen LogP contribution >= 0.6 is 24.2 Å². The summed E-state index contributed by atoms with van der Waals surface area (Å²) >= 11 is 10.2. The monoisotopic (exact) mass is 194 g/mol. The van der Waals surface area contributed by atoms with Gasteiger partial charge in [-0.1, -0.05) is 41.9 Å². The summed E-state index contributed by atoms with van der Waals surface area (Å²) in [6.07, 6.45) is 0. The van der Waals surface area contributed by atoms with Crippen molar-refractivity contribution in [3.05, 3.63) is 41.4 Å². The van der Waals surface area contributed by atoms with Crippen molar-refractivity contribution in [1.29, 1.82) is 0 Å². The SMILES string of the molecule is Sc1c(Cl)ccc2ccccc12. The number of hydrogen-bond donors (Lipinski definition) is 1. The van der Waals surface area contributed by atoms with Crippen LogP contribution in [-0.2, 0) is 0 Å². The van der Waals surface area contributed by atoms with Gasteiger partial charge < -0.3 is 0 Å². The second-order valence-electron chi connectivity index (χ2n) is 2.62.